The second kappa shape index (κ2) is 7.03. The third kappa shape index (κ3) is 3.58. The number of hydrogen-bond acceptors (Lipinski definition) is 3. The number of nitrogens with zero attached hydrogens (tertiary/aromatic N) is 3. The van der Waals surface area contributed by atoms with Gasteiger partial charge in [0.15, 0.2) is 11.6 Å². The van der Waals surface area contributed by atoms with Crippen LogP contribution in [0.5, 0.6) is 5.75 Å². The number of likely N-dealkylation sites (tertiary alicyclic amines) is 1. The number of methoxy groups -OCH3 is 1. The standard InChI is InChI=1S/C18H22FN3O2/c1-13-10-20-22(11-13)15-4-3-7-21(12-15)18(23)9-14-5-6-17(24-2)16(19)8-14/h5-6,8,10-11,15H,3-4,7,9,12H2,1-2H3/t15-/m0/s1. The van der Waals surface area contributed by atoms with Crippen LogP contribution in [0.15, 0.2) is 30.6 Å². The number of halogens is 1. The van der Waals surface area contributed by atoms with E-state index in [1.54, 1.807) is 12.1 Å². The summed E-state index contributed by atoms with van der Waals surface area (Å²) in [5, 5.41) is 4.36. The smallest absolute Gasteiger partial charge is 0.227 e. The van der Waals surface area contributed by atoms with Crippen molar-refractivity contribution in [3.63, 3.8) is 0 Å². The van der Waals surface area contributed by atoms with Crippen LogP contribution < -0.4 is 4.74 Å². The van der Waals surface area contributed by atoms with Crippen LogP contribution in [0, 0.1) is 12.7 Å². The average Bonchev–Trinajstić information content (AvgIpc) is 3.02. The molecule has 0 saturated carbocycles. The minimum absolute atomic E-state index is 0.0214. The van der Waals surface area contributed by atoms with Crippen LogP contribution in [-0.2, 0) is 11.2 Å². The van der Waals surface area contributed by atoms with E-state index in [9.17, 15) is 9.18 Å². The van der Waals surface area contributed by atoms with Crippen LogP contribution in [0.3, 0.4) is 0 Å². The highest BCUT2D eigenvalue weighted by Gasteiger charge is 2.25. The number of ether oxygens (including phenoxy) is 1. The first-order valence-electron chi connectivity index (χ1n) is 8.18. The van der Waals surface area contributed by atoms with Gasteiger partial charge >= 0.3 is 0 Å². The fourth-order valence-electron chi connectivity index (χ4n) is 3.14. The largest absolute Gasteiger partial charge is 0.494 e. The van der Waals surface area contributed by atoms with E-state index in [0.717, 1.165) is 24.9 Å². The fourth-order valence-corrected chi connectivity index (χ4v) is 3.14. The first kappa shape index (κ1) is 16.5. The Morgan fingerprint density at radius 1 is 1.46 bits per heavy atom. The second-order valence-corrected chi connectivity index (χ2v) is 6.28. The molecule has 1 aromatic carbocycles. The summed E-state index contributed by atoms with van der Waals surface area (Å²) in [7, 11) is 1.42. The highest BCUT2D eigenvalue weighted by molar-refractivity contribution is 5.79. The molecule has 0 radical (unpaired) electrons. The Morgan fingerprint density at radius 3 is 2.96 bits per heavy atom. The first-order chi connectivity index (χ1) is 11.6. The molecule has 1 atom stereocenters. The Kier molecular flexibility index (Phi) is 4.83. The molecular formula is C18H22FN3O2. The summed E-state index contributed by atoms with van der Waals surface area (Å²) in [6.07, 6.45) is 6.01. The third-order valence-corrected chi connectivity index (χ3v) is 4.43. The summed E-state index contributed by atoms with van der Waals surface area (Å²) in [6, 6.07) is 4.88. The molecule has 0 unspecified atom stereocenters. The van der Waals surface area contributed by atoms with E-state index in [0.29, 0.717) is 12.1 Å². The lowest BCUT2D eigenvalue weighted by molar-refractivity contribution is -0.132. The zero-order valence-electron chi connectivity index (χ0n) is 14.0. The summed E-state index contributed by atoms with van der Waals surface area (Å²) in [6.45, 7) is 3.40. The van der Waals surface area contributed by atoms with E-state index in [2.05, 4.69) is 5.10 Å². The highest BCUT2D eigenvalue weighted by Crippen LogP contribution is 2.23. The minimum Gasteiger partial charge on any atom is -0.494 e. The maximum Gasteiger partial charge on any atom is 0.227 e. The Labute approximate surface area is 141 Å². The van der Waals surface area contributed by atoms with Crippen LogP contribution in [0.4, 0.5) is 4.39 Å². The van der Waals surface area contributed by atoms with Gasteiger partial charge in [-0.25, -0.2) is 4.39 Å². The Bertz CT molecular complexity index is 729. The molecule has 2 aromatic rings. The summed E-state index contributed by atoms with van der Waals surface area (Å²) in [4.78, 5) is 14.4. The third-order valence-electron chi connectivity index (χ3n) is 4.43. The van der Waals surface area contributed by atoms with Gasteiger partial charge in [0.1, 0.15) is 0 Å². The molecule has 1 aliphatic heterocycles. The molecule has 5 nitrogen and oxygen atoms in total. The summed E-state index contributed by atoms with van der Waals surface area (Å²) < 4.78 is 20.6. The van der Waals surface area contributed by atoms with Gasteiger partial charge in [0.25, 0.3) is 0 Å². The number of benzene rings is 1. The van der Waals surface area contributed by atoms with Crippen molar-refractivity contribution in [1.82, 2.24) is 14.7 Å². The molecule has 2 heterocycles. The van der Waals surface area contributed by atoms with Crippen molar-refractivity contribution in [2.24, 2.45) is 0 Å². The van der Waals surface area contributed by atoms with E-state index >= 15 is 0 Å². The van der Waals surface area contributed by atoms with Crippen molar-refractivity contribution in [1.29, 1.82) is 0 Å². The van der Waals surface area contributed by atoms with Crippen molar-refractivity contribution in [3.05, 3.63) is 47.5 Å². The molecule has 1 aromatic heterocycles. The number of carbonyl (C=O) groups is 1. The van der Waals surface area contributed by atoms with Gasteiger partial charge in [-0.3, -0.25) is 9.48 Å². The summed E-state index contributed by atoms with van der Waals surface area (Å²) >= 11 is 0. The number of rotatable bonds is 4. The number of amides is 1. The Balaban J connectivity index is 1.65. The Morgan fingerprint density at radius 2 is 2.29 bits per heavy atom. The predicted molar refractivity (Wildman–Crippen MR) is 88.5 cm³/mol. The van der Waals surface area contributed by atoms with Crippen LogP contribution in [-0.4, -0.2) is 40.8 Å². The molecular weight excluding hydrogens is 309 g/mol. The number of piperidine rings is 1. The molecule has 128 valence electrons. The van der Waals surface area contributed by atoms with Gasteiger partial charge in [0.2, 0.25) is 5.91 Å². The quantitative estimate of drug-likeness (QED) is 0.865. The van der Waals surface area contributed by atoms with Crippen molar-refractivity contribution in [2.45, 2.75) is 32.2 Å². The van der Waals surface area contributed by atoms with Gasteiger partial charge in [-0.2, -0.15) is 5.10 Å². The summed E-state index contributed by atoms with van der Waals surface area (Å²) in [5.41, 5.74) is 1.78. The Hall–Kier alpha value is -2.37. The molecule has 0 N–H and O–H groups in total. The average molecular weight is 331 g/mol. The lowest BCUT2D eigenvalue weighted by Crippen LogP contribution is -2.41. The molecule has 0 aliphatic carbocycles. The zero-order valence-corrected chi connectivity index (χ0v) is 14.0. The van der Waals surface area contributed by atoms with E-state index in [1.165, 1.54) is 13.2 Å². The number of aromatic nitrogens is 2. The molecule has 1 saturated heterocycles. The lowest BCUT2D eigenvalue weighted by atomic mass is 10.0. The summed E-state index contributed by atoms with van der Waals surface area (Å²) in [5.74, 6) is -0.224. The molecule has 1 aliphatic rings. The SMILES string of the molecule is COc1ccc(CC(=O)N2CCC[C@H](n3cc(C)cn3)C2)cc1F. The molecule has 0 spiro atoms. The van der Waals surface area contributed by atoms with Gasteiger partial charge in [-0.15, -0.1) is 0 Å². The maximum absolute atomic E-state index is 13.8. The highest BCUT2D eigenvalue weighted by atomic mass is 19.1. The van der Waals surface area contributed by atoms with E-state index in [-0.39, 0.29) is 24.1 Å². The molecule has 6 heteroatoms. The van der Waals surface area contributed by atoms with Crippen molar-refractivity contribution in [3.8, 4) is 5.75 Å². The van der Waals surface area contributed by atoms with Crippen LogP contribution in [0.25, 0.3) is 0 Å². The maximum atomic E-state index is 13.8. The second-order valence-electron chi connectivity index (χ2n) is 6.28. The van der Waals surface area contributed by atoms with Gasteiger partial charge in [0, 0.05) is 19.3 Å². The predicted octanol–water partition coefficient (Wildman–Crippen LogP) is 2.75. The van der Waals surface area contributed by atoms with Crippen LogP contribution in [0.2, 0.25) is 0 Å². The first-order valence-corrected chi connectivity index (χ1v) is 8.18. The number of aryl methyl sites for hydroxylation is 1. The fraction of sp³-hybridized carbons (Fsp3) is 0.444. The molecule has 24 heavy (non-hydrogen) atoms. The minimum atomic E-state index is -0.439. The van der Waals surface area contributed by atoms with Crippen LogP contribution >= 0.6 is 0 Å². The number of hydrogen-bond donors (Lipinski definition) is 0. The van der Waals surface area contributed by atoms with E-state index < -0.39 is 5.82 Å². The van der Waals surface area contributed by atoms with Crippen molar-refractivity contribution < 1.29 is 13.9 Å². The topological polar surface area (TPSA) is 47.4 Å². The molecule has 1 fully saturated rings. The lowest BCUT2D eigenvalue weighted by Gasteiger charge is -2.33. The van der Waals surface area contributed by atoms with Gasteiger partial charge in [-0.1, -0.05) is 6.07 Å². The molecule has 0 bridgehead atoms. The molecule has 1 amide bonds. The number of carbonyl (C=O) groups excluding carboxylic acids is 1. The van der Waals surface area contributed by atoms with Crippen molar-refractivity contribution in [2.75, 3.05) is 20.2 Å². The van der Waals surface area contributed by atoms with E-state index in [4.69, 9.17) is 4.74 Å². The normalized spacial score (nSPS) is 17.8. The van der Waals surface area contributed by atoms with Gasteiger partial charge in [0.05, 0.1) is 25.8 Å². The zero-order chi connectivity index (χ0) is 17.1. The van der Waals surface area contributed by atoms with Crippen molar-refractivity contribution >= 4 is 5.91 Å². The van der Waals surface area contributed by atoms with Gasteiger partial charge in [-0.05, 0) is 43.0 Å². The molecule has 3 rings (SSSR count). The monoisotopic (exact) mass is 331 g/mol. The van der Waals surface area contributed by atoms with E-state index in [1.807, 2.05) is 28.9 Å². The van der Waals surface area contributed by atoms with Gasteiger partial charge < -0.3 is 9.64 Å². The van der Waals surface area contributed by atoms with Crippen LogP contribution in [0.1, 0.15) is 30.0 Å².